The van der Waals surface area contributed by atoms with E-state index >= 15 is 0 Å². The summed E-state index contributed by atoms with van der Waals surface area (Å²) in [5, 5.41) is 11.9. The summed E-state index contributed by atoms with van der Waals surface area (Å²) < 4.78 is 27.1. The summed E-state index contributed by atoms with van der Waals surface area (Å²) in [6, 6.07) is 17.1. The number of phenols is 1. The van der Waals surface area contributed by atoms with Gasteiger partial charge in [0.25, 0.3) is 15.9 Å². The van der Waals surface area contributed by atoms with Gasteiger partial charge in [-0.25, -0.2) is 8.42 Å². The average molecular weight is 417 g/mol. The minimum Gasteiger partial charge on any atom is -0.507 e. The molecule has 0 bridgehead atoms. The topological polar surface area (TPSA) is 86.7 Å². The van der Waals surface area contributed by atoms with E-state index in [2.05, 4.69) is 4.72 Å². The lowest BCUT2D eigenvalue weighted by Crippen LogP contribution is -2.29. The van der Waals surface area contributed by atoms with Gasteiger partial charge in [0.15, 0.2) is 0 Å². The molecule has 0 atom stereocenters. The number of rotatable bonds is 7. The molecule has 2 N–H and O–H groups in total. The fraction of sp³-hybridized carbons (Fsp3) is 0.150. The zero-order chi connectivity index (χ0) is 20.1. The van der Waals surface area contributed by atoms with E-state index in [0.29, 0.717) is 13.0 Å². The Morgan fingerprint density at radius 1 is 1.11 bits per heavy atom. The van der Waals surface area contributed by atoms with E-state index in [0.717, 1.165) is 16.9 Å². The van der Waals surface area contributed by atoms with E-state index in [-0.39, 0.29) is 27.1 Å². The van der Waals surface area contributed by atoms with E-state index in [1.807, 2.05) is 30.3 Å². The SMILES string of the molecule is CN(CCc1ccccc1)C(=O)c1ccc(NS(=O)(=O)c2cccs2)cc1O. The average Bonchev–Trinajstić information content (AvgIpc) is 3.22. The number of nitrogens with one attached hydrogen (secondary N) is 1. The lowest BCUT2D eigenvalue weighted by Gasteiger charge is -2.18. The molecule has 0 aliphatic heterocycles. The third kappa shape index (κ3) is 4.71. The van der Waals surface area contributed by atoms with Crippen LogP contribution in [0.25, 0.3) is 0 Å². The van der Waals surface area contributed by atoms with Crippen molar-refractivity contribution in [2.45, 2.75) is 10.6 Å². The van der Waals surface area contributed by atoms with Crippen molar-refractivity contribution in [3.63, 3.8) is 0 Å². The minimum absolute atomic E-state index is 0.120. The molecule has 0 radical (unpaired) electrons. The van der Waals surface area contributed by atoms with Gasteiger partial charge in [-0.3, -0.25) is 9.52 Å². The van der Waals surface area contributed by atoms with Crippen molar-refractivity contribution < 1.29 is 18.3 Å². The summed E-state index contributed by atoms with van der Waals surface area (Å²) in [5.41, 5.74) is 1.42. The second-order valence-corrected chi connectivity index (χ2v) is 9.09. The van der Waals surface area contributed by atoms with Crippen LogP contribution in [0.15, 0.2) is 70.3 Å². The molecule has 0 fully saturated rings. The number of hydrogen-bond acceptors (Lipinski definition) is 5. The van der Waals surface area contributed by atoms with E-state index in [1.165, 1.54) is 29.2 Å². The van der Waals surface area contributed by atoms with Crippen LogP contribution in [-0.2, 0) is 16.4 Å². The first-order chi connectivity index (χ1) is 13.4. The van der Waals surface area contributed by atoms with Gasteiger partial charge in [0.2, 0.25) is 0 Å². The quantitative estimate of drug-likeness (QED) is 0.616. The Morgan fingerprint density at radius 2 is 1.86 bits per heavy atom. The van der Waals surface area contributed by atoms with Gasteiger partial charge in [-0.1, -0.05) is 36.4 Å². The molecule has 8 heteroatoms. The van der Waals surface area contributed by atoms with Gasteiger partial charge >= 0.3 is 0 Å². The highest BCUT2D eigenvalue weighted by Crippen LogP contribution is 2.26. The van der Waals surface area contributed by atoms with Crippen LogP contribution in [0.3, 0.4) is 0 Å². The molecule has 2 aromatic carbocycles. The van der Waals surface area contributed by atoms with E-state index in [1.54, 1.807) is 18.5 Å². The molecule has 6 nitrogen and oxygen atoms in total. The number of phenolic OH excluding ortho intramolecular Hbond substituents is 1. The van der Waals surface area contributed by atoms with Crippen molar-refractivity contribution in [1.82, 2.24) is 4.90 Å². The molecular weight excluding hydrogens is 396 g/mol. The van der Waals surface area contributed by atoms with E-state index in [9.17, 15) is 18.3 Å². The van der Waals surface area contributed by atoms with Crippen molar-refractivity contribution in [1.29, 1.82) is 0 Å². The third-order valence-corrected chi connectivity index (χ3v) is 6.94. The van der Waals surface area contributed by atoms with Crippen molar-refractivity contribution in [3.8, 4) is 5.75 Å². The number of anilines is 1. The Kier molecular flexibility index (Phi) is 6.01. The number of nitrogens with zero attached hydrogens (tertiary/aromatic N) is 1. The highest BCUT2D eigenvalue weighted by atomic mass is 32.2. The third-order valence-electron chi connectivity index (χ3n) is 4.17. The number of aromatic hydroxyl groups is 1. The van der Waals surface area contributed by atoms with Crippen LogP contribution in [0.5, 0.6) is 5.75 Å². The molecule has 0 spiro atoms. The highest BCUT2D eigenvalue weighted by molar-refractivity contribution is 7.94. The number of hydrogen-bond donors (Lipinski definition) is 2. The van der Waals surface area contributed by atoms with Gasteiger partial charge in [-0.05, 0) is 35.6 Å². The van der Waals surface area contributed by atoms with Gasteiger partial charge in [0.05, 0.1) is 11.3 Å². The van der Waals surface area contributed by atoms with E-state index < -0.39 is 10.0 Å². The molecule has 3 aromatic rings. The van der Waals surface area contributed by atoms with Crippen LogP contribution in [0.4, 0.5) is 5.69 Å². The molecule has 0 aliphatic rings. The number of carbonyl (C=O) groups excluding carboxylic acids is 1. The number of benzene rings is 2. The molecule has 28 heavy (non-hydrogen) atoms. The van der Waals surface area contributed by atoms with Crippen LogP contribution in [0.2, 0.25) is 0 Å². The Labute approximate surface area is 168 Å². The first kappa shape index (κ1) is 19.9. The molecule has 1 heterocycles. The normalized spacial score (nSPS) is 11.2. The van der Waals surface area contributed by atoms with Gasteiger partial charge in [-0.2, -0.15) is 0 Å². The molecule has 1 amide bonds. The summed E-state index contributed by atoms with van der Waals surface area (Å²) in [7, 11) is -2.05. The molecule has 0 saturated heterocycles. The lowest BCUT2D eigenvalue weighted by atomic mass is 10.1. The van der Waals surface area contributed by atoms with Crippen LogP contribution in [0.1, 0.15) is 15.9 Å². The summed E-state index contributed by atoms with van der Waals surface area (Å²) in [4.78, 5) is 14.1. The molecule has 3 rings (SSSR count). The number of carbonyl (C=O) groups is 1. The fourth-order valence-corrected chi connectivity index (χ4v) is 4.69. The summed E-state index contributed by atoms with van der Waals surface area (Å²) in [6.07, 6.45) is 0.697. The zero-order valence-electron chi connectivity index (χ0n) is 15.2. The van der Waals surface area contributed by atoms with Gasteiger partial charge in [0.1, 0.15) is 9.96 Å². The number of likely N-dealkylation sites (N-methyl/N-ethyl adjacent to an activating group) is 1. The van der Waals surface area contributed by atoms with E-state index in [4.69, 9.17) is 0 Å². The number of thiophene rings is 1. The van der Waals surface area contributed by atoms with Crippen LogP contribution in [0, 0.1) is 0 Å². The predicted octanol–water partition coefficient (Wildman–Crippen LogP) is 3.57. The Balaban J connectivity index is 1.68. The number of amides is 1. The highest BCUT2D eigenvalue weighted by Gasteiger charge is 2.19. The van der Waals surface area contributed by atoms with Crippen molar-refractivity contribution in [2.75, 3.05) is 18.3 Å². The monoisotopic (exact) mass is 416 g/mol. The number of sulfonamides is 1. The second-order valence-electron chi connectivity index (χ2n) is 6.23. The fourth-order valence-electron chi connectivity index (χ4n) is 2.65. The van der Waals surface area contributed by atoms with Crippen molar-refractivity contribution in [2.24, 2.45) is 0 Å². The van der Waals surface area contributed by atoms with Crippen LogP contribution in [-0.4, -0.2) is 37.9 Å². The maximum atomic E-state index is 12.6. The first-order valence-electron chi connectivity index (χ1n) is 8.55. The zero-order valence-corrected chi connectivity index (χ0v) is 16.8. The molecular formula is C20H20N2O4S2. The predicted molar refractivity (Wildman–Crippen MR) is 110 cm³/mol. The second kappa shape index (κ2) is 8.45. The molecule has 1 aromatic heterocycles. The largest absolute Gasteiger partial charge is 0.507 e. The maximum Gasteiger partial charge on any atom is 0.271 e. The minimum atomic E-state index is -3.71. The summed E-state index contributed by atoms with van der Waals surface area (Å²) in [5.74, 6) is -0.607. The first-order valence-corrected chi connectivity index (χ1v) is 10.9. The summed E-state index contributed by atoms with van der Waals surface area (Å²) in [6.45, 7) is 0.495. The van der Waals surface area contributed by atoms with Crippen LogP contribution >= 0.6 is 11.3 Å². The standard InChI is InChI=1S/C20H20N2O4S2/c1-22(12-11-15-6-3-2-4-7-15)20(24)17-10-9-16(14-18(17)23)21-28(25,26)19-8-5-13-27-19/h2-10,13-14,21,23H,11-12H2,1H3. The van der Waals surface area contributed by atoms with Crippen LogP contribution < -0.4 is 4.72 Å². The lowest BCUT2D eigenvalue weighted by molar-refractivity contribution is 0.0793. The Morgan fingerprint density at radius 3 is 2.50 bits per heavy atom. The molecule has 146 valence electrons. The van der Waals surface area contributed by atoms with Gasteiger partial charge in [-0.15, -0.1) is 11.3 Å². The summed E-state index contributed by atoms with van der Waals surface area (Å²) >= 11 is 1.10. The molecule has 0 unspecified atom stereocenters. The van der Waals surface area contributed by atoms with Crippen molar-refractivity contribution in [3.05, 3.63) is 77.2 Å². The molecule has 0 aliphatic carbocycles. The van der Waals surface area contributed by atoms with Gasteiger partial charge < -0.3 is 10.0 Å². The Hall–Kier alpha value is -2.84. The Bertz CT molecular complexity index is 1050. The van der Waals surface area contributed by atoms with Gasteiger partial charge in [0, 0.05) is 19.7 Å². The van der Waals surface area contributed by atoms with Crippen molar-refractivity contribution >= 4 is 33.0 Å². The maximum absolute atomic E-state index is 12.6. The smallest absolute Gasteiger partial charge is 0.271 e. The molecule has 0 saturated carbocycles.